The second-order valence-corrected chi connectivity index (χ2v) is 7.53. The van der Waals surface area contributed by atoms with E-state index in [0.717, 1.165) is 71.2 Å². The molecule has 0 saturated carbocycles. The molecule has 0 atom stereocenters. The number of guanidine groups is 1. The third-order valence-corrected chi connectivity index (χ3v) is 4.97. The van der Waals surface area contributed by atoms with Gasteiger partial charge in [-0.15, -0.1) is 0 Å². The van der Waals surface area contributed by atoms with Gasteiger partial charge < -0.3 is 24.8 Å². The van der Waals surface area contributed by atoms with Crippen molar-refractivity contribution in [2.45, 2.75) is 25.7 Å². The van der Waals surface area contributed by atoms with Gasteiger partial charge >= 0.3 is 0 Å². The molecule has 0 unspecified atom stereocenters. The summed E-state index contributed by atoms with van der Waals surface area (Å²) < 4.78 is 16.8. The summed E-state index contributed by atoms with van der Waals surface area (Å²) in [6.07, 6.45) is 4.00. The molecule has 2 rings (SSSR count). The van der Waals surface area contributed by atoms with Gasteiger partial charge in [0.25, 0.3) is 0 Å². The Morgan fingerprint density at radius 2 is 1.86 bits per heavy atom. The summed E-state index contributed by atoms with van der Waals surface area (Å²) in [5, 5.41) is 7.69. The number of nitrogens with zero attached hydrogens (tertiary/aromatic N) is 1. The quantitative estimate of drug-likeness (QED) is 0.317. The first-order valence-corrected chi connectivity index (χ1v) is 10.6. The molecule has 0 bridgehead atoms. The average Bonchev–Trinajstić information content (AvgIpc) is 2.71. The summed E-state index contributed by atoms with van der Waals surface area (Å²) in [6.45, 7) is 5.48. The zero-order valence-corrected chi connectivity index (χ0v) is 18.0. The van der Waals surface area contributed by atoms with Gasteiger partial charge in [-0.25, -0.2) is 0 Å². The molecule has 0 radical (unpaired) electrons. The number of rotatable bonds is 11. The van der Waals surface area contributed by atoms with Gasteiger partial charge in [-0.2, -0.15) is 0 Å². The molecule has 6 nitrogen and oxygen atoms in total. The average molecular weight is 432 g/mol. The standard InChI is InChI=1S/C20H31Cl2N3O3/c1-23-20(24-8-2-10-27-15-16-6-12-26-13-7-16)25-9-3-11-28-19-5-4-17(21)14-18(19)22/h4-5,14,16H,2-3,6-13,15H2,1H3,(H2,23,24,25). The van der Waals surface area contributed by atoms with E-state index >= 15 is 0 Å². The highest BCUT2D eigenvalue weighted by Crippen LogP contribution is 2.27. The Bertz CT molecular complexity index is 596. The summed E-state index contributed by atoms with van der Waals surface area (Å²) >= 11 is 12.0. The Hall–Kier alpha value is -1.21. The van der Waals surface area contributed by atoms with Crippen LogP contribution in [0.25, 0.3) is 0 Å². The van der Waals surface area contributed by atoms with Crippen LogP contribution in [0.15, 0.2) is 23.2 Å². The van der Waals surface area contributed by atoms with Gasteiger partial charge in [0, 0.05) is 51.6 Å². The Kier molecular flexibility index (Phi) is 11.4. The van der Waals surface area contributed by atoms with E-state index in [2.05, 4.69) is 15.6 Å². The molecule has 2 N–H and O–H groups in total. The van der Waals surface area contributed by atoms with Gasteiger partial charge in [0.05, 0.1) is 11.6 Å². The molecule has 1 aromatic carbocycles. The highest BCUT2D eigenvalue weighted by molar-refractivity contribution is 6.35. The maximum Gasteiger partial charge on any atom is 0.190 e. The third-order valence-electron chi connectivity index (χ3n) is 4.44. The smallest absolute Gasteiger partial charge is 0.190 e. The zero-order valence-electron chi connectivity index (χ0n) is 16.5. The normalized spacial score (nSPS) is 15.5. The van der Waals surface area contributed by atoms with Crippen molar-refractivity contribution in [3.8, 4) is 5.75 Å². The topological polar surface area (TPSA) is 64.1 Å². The number of benzene rings is 1. The molecular formula is C20H31Cl2N3O3. The summed E-state index contributed by atoms with van der Waals surface area (Å²) in [6, 6.07) is 5.22. The monoisotopic (exact) mass is 431 g/mol. The minimum atomic E-state index is 0.525. The molecule has 0 aromatic heterocycles. The van der Waals surface area contributed by atoms with E-state index in [4.69, 9.17) is 37.4 Å². The SMILES string of the molecule is CN=C(NCCCOCC1CCOCC1)NCCCOc1ccc(Cl)cc1Cl. The molecule has 1 heterocycles. The lowest BCUT2D eigenvalue weighted by atomic mass is 10.0. The number of nitrogens with one attached hydrogen (secondary N) is 2. The van der Waals surface area contributed by atoms with E-state index in [-0.39, 0.29) is 0 Å². The van der Waals surface area contributed by atoms with E-state index in [0.29, 0.717) is 28.3 Å². The Labute approximate surface area is 177 Å². The number of hydrogen-bond acceptors (Lipinski definition) is 4. The molecule has 1 saturated heterocycles. The largest absolute Gasteiger partial charge is 0.492 e. The second kappa shape index (κ2) is 13.9. The van der Waals surface area contributed by atoms with Gasteiger partial charge in [0.15, 0.2) is 5.96 Å². The number of halogens is 2. The highest BCUT2D eigenvalue weighted by Gasteiger charge is 2.13. The predicted molar refractivity (Wildman–Crippen MR) is 115 cm³/mol. The molecule has 0 spiro atoms. The predicted octanol–water partition coefficient (Wildman–Crippen LogP) is 3.76. The minimum absolute atomic E-state index is 0.525. The fourth-order valence-corrected chi connectivity index (χ4v) is 3.28. The van der Waals surface area contributed by atoms with Crippen LogP contribution in [0.4, 0.5) is 0 Å². The van der Waals surface area contributed by atoms with Gasteiger partial charge in [0.2, 0.25) is 0 Å². The minimum Gasteiger partial charge on any atom is -0.492 e. The zero-order chi connectivity index (χ0) is 20.0. The molecule has 0 aliphatic carbocycles. The molecule has 8 heteroatoms. The lowest BCUT2D eigenvalue weighted by molar-refractivity contribution is 0.0203. The third kappa shape index (κ3) is 9.32. The summed E-state index contributed by atoms with van der Waals surface area (Å²) in [4.78, 5) is 4.22. The summed E-state index contributed by atoms with van der Waals surface area (Å²) in [5.41, 5.74) is 0. The van der Waals surface area contributed by atoms with Crippen LogP contribution >= 0.6 is 23.2 Å². The van der Waals surface area contributed by atoms with Crippen LogP contribution in [0, 0.1) is 5.92 Å². The molecule has 1 aliphatic heterocycles. The van der Waals surface area contributed by atoms with Crippen molar-refractivity contribution in [2.75, 3.05) is 53.2 Å². The highest BCUT2D eigenvalue weighted by atomic mass is 35.5. The molecular weight excluding hydrogens is 401 g/mol. The van der Waals surface area contributed by atoms with Gasteiger partial charge in [-0.05, 0) is 49.8 Å². The number of ether oxygens (including phenoxy) is 3. The molecule has 1 aliphatic rings. The first-order chi connectivity index (χ1) is 13.7. The van der Waals surface area contributed by atoms with E-state index < -0.39 is 0 Å². The second-order valence-electron chi connectivity index (χ2n) is 6.69. The first kappa shape index (κ1) is 23.1. The van der Waals surface area contributed by atoms with Crippen LogP contribution in [0.3, 0.4) is 0 Å². The van der Waals surface area contributed by atoms with Gasteiger partial charge in [-0.1, -0.05) is 23.2 Å². The van der Waals surface area contributed by atoms with Crippen molar-refractivity contribution in [1.82, 2.24) is 10.6 Å². The van der Waals surface area contributed by atoms with Crippen LogP contribution in [0.1, 0.15) is 25.7 Å². The van der Waals surface area contributed by atoms with Crippen LogP contribution in [-0.2, 0) is 9.47 Å². The van der Waals surface area contributed by atoms with E-state index in [1.165, 1.54) is 0 Å². The van der Waals surface area contributed by atoms with Gasteiger partial charge in [0.1, 0.15) is 5.75 Å². The van der Waals surface area contributed by atoms with Crippen molar-refractivity contribution < 1.29 is 14.2 Å². The molecule has 1 fully saturated rings. The number of hydrogen-bond donors (Lipinski definition) is 2. The van der Waals surface area contributed by atoms with E-state index in [1.54, 1.807) is 25.2 Å². The van der Waals surface area contributed by atoms with E-state index in [9.17, 15) is 0 Å². The molecule has 28 heavy (non-hydrogen) atoms. The van der Waals surface area contributed by atoms with Crippen molar-refractivity contribution >= 4 is 29.2 Å². The van der Waals surface area contributed by atoms with Crippen LogP contribution in [-0.4, -0.2) is 59.1 Å². The Morgan fingerprint density at radius 1 is 1.14 bits per heavy atom. The first-order valence-electron chi connectivity index (χ1n) is 9.87. The maximum absolute atomic E-state index is 6.08. The lowest BCUT2D eigenvalue weighted by Crippen LogP contribution is -2.38. The van der Waals surface area contributed by atoms with E-state index in [1.807, 2.05) is 0 Å². The van der Waals surface area contributed by atoms with Crippen molar-refractivity contribution in [2.24, 2.45) is 10.9 Å². The summed E-state index contributed by atoms with van der Waals surface area (Å²) in [5.74, 6) is 2.09. The van der Waals surface area contributed by atoms with Crippen LogP contribution in [0.5, 0.6) is 5.75 Å². The van der Waals surface area contributed by atoms with Crippen LogP contribution in [0.2, 0.25) is 10.0 Å². The molecule has 1 aromatic rings. The fraction of sp³-hybridized carbons (Fsp3) is 0.650. The fourth-order valence-electron chi connectivity index (χ4n) is 2.82. The Balaban J connectivity index is 1.47. The van der Waals surface area contributed by atoms with Crippen molar-refractivity contribution in [3.05, 3.63) is 28.2 Å². The van der Waals surface area contributed by atoms with Gasteiger partial charge in [-0.3, -0.25) is 4.99 Å². The van der Waals surface area contributed by atoms with Crippen molar-refractivity contribution in [1.29, 1.82) is 0 Å². The van der Waals surface area contributed by atoms with Crippen molar-refractivity contribution in [3.63, 3.8) is 0 Å². The number of aliphatic imine (C=N–C) groups is 1. The maximum atomic E-state index is 6.08. The molecule has 0 amide bonds. The lowest BCUT2D eigenvalue weighted by Gasteiger charge is -2.21. The Morgan fingerprint density at radius 3 is 2.54 bits per heavy atom. The molecule has 158 valence electrons. The summed E-state index contributed by atoms with van der Waals surface area (Å²) in [7, 11) is 1.76. The van der Waals surface area contributed by atoms with Crippen LogP contribution < -0.4 is 15.4 Å².